The van der Waals surface area contributed by atoms with Gasteiger partial charge in [0.2, 0.25) is 5.91 Å². The Morgan fingerprint density at radius 3 is 2.59 bits per heavy atom. The largest absolute Gasteiger partial charge is 0.504 e. The minimum Gasteiger partial charge on any atom is -0.504 e. The lowest BCUT2D eigenvalue weighted by Crippen LogP contribution is -2.22. The van der Waals surface area contributed by atoms with Crippen molar-refractivity contribution in [3.8, 4) is 11.5 Å². The van der Waals surface area contributed by atoms with Gasteiger partial charge in [-0.3, -0.25) is 4.79 Å². The van der Waals surface area contributed by atoms with Crippen LogP contribution in [0.25, 0.3) is 0 Å². The quantitative estimate of drug-likeness (QED) is 0.751. The smallest absolute Gasteiger partial charge is 0.227 e. The zero-order valence-corrected chi connectivity index (χ0v) is 12.6. The number of anilines is 1. The second kappa shape index (κ2) is 6.66. The Kier molecular flexibility index (Phi) is 4.88. The van der Waals surface area contributed by atoms with Crippen LogP contribution < -0.4 is 5.32 Å². The first kappa shape index (κ1) is 16.1. The third kappa shape index (κ3) is 3.89. The molecule has 0 saturated heterocycles. The molecular weight excluding hydrogens is 309 g/mol. The Morgan fingerprint density at radius 1 is 1.23 bits per heavy atom. The van der Waals surface area contributed by atoms with Crippen LogP contribution in [0.1, 0.15) is 12.5 Å². The van der Waals surface area contributed by atoms with Crippen molar-refractivity contribution >= 4 is 23.2 Å². The number of phenols is 2. The fraction of sp³-hybridized carbons (Fsp3) is 0.188. The fourth-order valence-electron chi connectivity index (χ4n) is 1.98. The van der Waals surface area contributed by atoms with Gasteiger partial charge in [-0.05, 0) is 42.3 Å². The van der Waals surface area contributed by atoms with Gasteiger partial charge in [0.1, 0.15) is 5.82 Å². The molecule has 2 aromatic rings. The molecule has 0 radical (unpaired) electrons. The van der Waals surface area contributed by atoms with Gasteiger partial charge < -0.3 is 15.5 Å². The van der Waals surface area contributed by atoms with Crippen molar-refractivity contribution in [2.24, 2.45) is 5.92 Å². The minimum atomic E-state index is -0.549. The van der Waals surface area contributed by atoms with Crippen molar-refractivity contribution in [1.29, 1.82) is 0 Å². The molecule has 0 aliphatic heterocycles. The maximum absolute atomic E-state index is 13.1. The lowest BCUT2D eigenvalue weighted by atomic mass is 10.00. The van der Waals surface area contributed by atoms with Crippen LogP contribution in [0, 0.1) is 11.7 Å². The molecule has 1 unspecified atom stereocenters. The van der Waals surface area contributed by atoms with Gasteiger partial charge in [-0.2, -0.15) is 0 Å². The minimum absolute atomic E-state index is 0.0612. The predicted molar refractivity (Wildman–Crippen MR) is 82.7 cm³/mol. The number of hydrogen-bond donors (Lipinski definition) is 3. The summed E-state index contributed by atoms with van der Waals surface area (Å²) < 4.78 is 13.1. The topological polar surface area (TPSA) is 69.6 Å². The highest BCUT2D eigenvalue weighted by molar-refractivity contribution is 6.31. The lowest BCUT2D eigenvalue weighted by molar-refractivity contribution is -0.119. The monoisotopic (exact) mass is 323 g/mol. The van der Waals surface area contributed by atoms with Crippen molar-refractivity contribution in [1.82, 2.24) is 0 Å². The fourth-order valence-corrected chi connectivity index (χ4v) is 2.16. The van der Waals surface area contributed by atoms with Crippen molar-refractivity contribution in [3.05, 3.63) is 52.8 Å². The molecule has 2 aromatic carbocycles. The highest BCUT2D eigenvalue weighted by atomic mass is 35.5. The molecule has 116 valence electrons. The van der Waals surface area contributed by atoms with Crippen LogP contribution in [-0.4, -0.2) is 16.1 Å². The van der Waals surface area contributed by atoms with E-state index in [0.29, 0.717) is 12.1 Å². The van der Waals surface area contributed by atoms with Gasteiger partial charge in [-0.15, -0.1) is 0 Å². The molecule has 1 amide bonds. The van der Waals surface area contributed by atoms with Gasteiger partial charge in [0.05, 0.1) is 5.02 Å². The summed E-state index contributed by atoms with van der Waals surface area (Å²) >= 11 is 5.66. The Hall–Kier alpha value is -2.27. The van der Waals surface area contributed by atoms with Gasteiger partial charge in [0.25, 0.3) is 0 Å². The summed E-state index contributed by atoms with van der Waals surface area (Å²) in [5.41, 5.74) is 1.13. The number of carbonyl (C=O) groups is 1. The van der Waals surface area contributed by atoms with E-state index in [4.69, 9.17) is 11.6 Å². The van der Waals surface area contributed by atoms with E-state index >= 15 is 0 Å². The summed E-state index contributed by atoms with van der Waals surface area (Å²) in [6.45, 7) is 1.73. The molecule has 1 atom stereocenters. The lowest BCUT2D eigenvalue weighted by Gasteiger charge is -2.13. The molecule has 0 saturated carbocycles. The van der Waals surface area contributed by atoms with Crippen molar-refractivity contribution in [2.45, 2.75) is 13.3 Å². The molecule has 0 aliphatic carbocycles. The number of hydrogen-bond acceptors (Lipinski definition) is 3. The first-order valence-corrected chi connectivity index (χ1v) is 7.01. The summed E-state index contributed by atoms with van der Waals surface area (Å²) in [7, 11) is 0. The van der Waals surface area contributed by atoms with Crippen LogP contribution in [0.5, 0.6) is 11.5 Å². The van der Waals surface area contributed by atoms with E-state index in [0.717, 1.165) is 5.56 Å². The Balaban J connectivity index is 2.02. The number of rotatable bonds is 4. The highest BCUT2D eigenvalue weighted by Gasteiger charge is 2.15. The average Bonchev–Trinajstić information content (AvgIpc) is 2.46. The van der Waals surface area contributed by atoms with Crippen LogP contribution in [-0.2, 0) is 11.2 Å². The molecule has 2 rings (SSSR count). The molecule has 0 aliphatic rings. The summed E-state index contributed by atoms with van der Waals surface area (Å²) in [6.07, 6.45) is 0.384. The average molecular weight is 324 g/mol. The van der Waals surface area contributed by atoms with E-state index in [1.54, 1.807) is 13.0 Å². The van der Waals surface area contributed by atoms with Crippen LogP contribution in [0.15, 0.2) is 36.4 Å². The summed E-state index contributed by atoms with van der Waals surface area (Å²) in [4.78, 5) is 12.1. The summed E-state index contributed by atoms with van der Waals surface area (Å²) in [5, 5.41) is 21.3. The number of nitrogens with one attached hydrogen (secondary N) is 1. The van der Waals surface area contributed by atoms with E-state index in [2.05, 4.69) is 5.32 Å². The Bertz CT molecular complexity index is 706. The first-order valence-electron chi connectivity index (χ1n) is 6.63. The molecule has 3 N–H and O–H groups in total. The summed E-state index contributed by atoms with van der Waals surface area (Å²) in [6, 6.07) is 8.36. The van der Waals surface area contributed by atoms with Gasteiger partial charge >= 0.3 is 0 Å². The van der Waals surface area contributed by atoms with E-state index < -0.39 is 5.82 Å². The highest BCUT2D eigenvalue weighted by Crippen LogP contribution is 2.26. The maximum Gasteiger partial charge on any atom is 0.227 e. The van der Waals surface area contributed by atoms with E-state index in [9.17, 15) is 19.4 Å². The van der Waals surface area contributed by atoms with Crippen LogP contribution in [0.3, 0.4) is 0 Å². The molecule has 4 nitrogen and oxygen atoms in total. The zero-order chi connectivity index (χ0) is 16.3. The molecular formula is C16H15ClFNO3. The number of benzene rings is 2. The van der Waals surface area contributed by atoms with Crippen LogP contribution in [0.4, 0.5) is 10.1 Å². The number of phenolic OH excluding ortho intramolecular Hbond substituents is 2. The zero-order valence-electron chi connectivity index (χ0n) is 11.8. The molecule has 0 spiro atoms. The van der Waals surface area contributed by atoms with Crippen molar-refractivity contribution < 1.29 is 19.4 Å². The Labute approximate surface area is 132 Å². The Morgan fingerprint density at radius 2 is 1.95 bits per heavy atom. The molecule has 0 fully saturated rings. The van der Waals surface area contributed by atoms with E-state index in [1.165, 1.54) is 30.3 Å². The van der Waals surface area contributed by atoms with E-state index in [1.807, 2.05) is 0 Å². The predicted octanol–water partition coefficient (Wildman–Crippen LogP) is 3.71. The normalized spacial score (nSPS) is 12.0. The number of aromatic hydroxyl groups is 2. The number of carbonyl (C=O) groups excluding carboxylic acids is 1. The van der Waals surface area contributed by atoms with Gasteiger partial charge in [-0.1, -0.05) is 24.6 Å². The molecule has 0 heterocycles. The van der Waals surface area contributed by atoms with Gasteiger partial charge in [-0.25, -0.2) is 4.39 Å². The standard InChI is InChI=1S/C16H15ClFNO3/c1-9(6-10-2-5-14(20)15(21)7-10)16(22)19-11-3-4-13(18)12(17)8-11/h2-5,7-9,20-21H,6H2,1H3,(H,19,22). The summed E-state index contributed by atoms with van der Waals surface area (Å²) in [5.74, 6) is -1.62. The molecule has 22 heavy (non-hydrogen) atoms. The van der Waals surface area contributed by atoms with Crippen molar-refractivity contribution in [2.75, 3.05) is 5.32 Å². The third-order valence-corrected chi connectivity index (χ3v) is 3.51. The molecule has 0 bridgehead atoms. The van der Waals surface area contributed by atoms with E-state index in [-0.39, 0.29) is 28.3 Å². The van der Waals surface area contributed by atoms with Crippen LogP contribution in [0.2, 0.25) is 5.02 Å². The third-order valence-electron chi connectivity index (χ3n) is 3.22. The van der Waals surface area contributed by atoms with Gasteiger partial charge in [0.15, 0.2) is 11.5 Å². The molecule has 6 heteroatoms. The first-order chi connectivity index (χ1) is 10.4. The van der Waals surface area contributed by atoms with Gasteiger partial charge in [0, 0.05) is 11.6 Å². The van der Waals surface area contributed by atoms with Crippen LogP contribution >= 0.6 is 11.6 Å². The maximum atomic E-state index is 13.1. The number of halogens is 2. The SMILES string of the molecule is CC(Cc1ccc(O)c(O)c1)C(=O)Nc1ccc(F)c(Cl)c1. The second-order valence-corrected chi connectivity index (χ2v) is 5.45. The van der Waals surface area contributed by atoms with Crippen molar-refractivity contribution in [3.63, 3.8) is 0 Å². The second-order valence-electron chi connectivity index (χ2n) is 5.05. The molecule has 0 aromatic heterocycles. The number of amides is 1.